The predicted molar refractivity (Wildman–Crippen MR) is 108 cm³/mol. The van der Waals surface area contributed by atoms with Crippen molar-refractivity contribution in [3.05, 3.63) is 76.7 Å². The smallest absolute Gasteiger partial charge is 0.226 e. The number of rotatable bonds is 7. The number of nitriles is 1. The Morgan fingerprint density at radius 3 is 2.57 bits per heavy atom. The summed E-state index contributed by atoms with van der Waals surface area (Å²) in [5.74, 6) is 1.00. The van der Waals surface area contributed by atoms with E-state index >= 15 is 0 Å². The highest BCUT2D eigenvalue weighted by molar-refractivity contribution is 7.84. The molecule has 0 amide bonds. The van der Waals surface area contributed by atoms with Crippen molar-refractivity contribution >= 4 is 16.6 Å². The normalized spacial score (nSPS) is 11.8. The van der Waals surface area contributed by atoms with Crippen LogP contribution in [-0.4, -0.2) is 20.7 Å². The molecule has 142 valence electrons. The summed E-state index contributed by atoms with van der Waals surface area (Å²) in [5.41, 5.74) is 3.72. The van der Waals surface area contributed by atoms with Crippen LogP contribution in [0.3, 0.4) is 0 Å². The molecule has 28 heavy (non-hydrogen) atoms. The van der Waals surface area contributed by atoms with Crippen LogP contribution in [0, 0.1) is 25.2 Å². The number of carbonyl (C=O) groups excluding carboxylic acids is 1. The quantitative estimate of drug-likeness (QED) is 0.609. The van der Waals surface area contributed by atoms with Gasteiger partial charge in [-0.2, -0.15) is 5.26 Å². The first-order chi connectivity index (χ1) is 13.5. The van der Waals surface area contributed by atoms with Crippen LogP contribution in [0.25, 0.3) is 11.5 Å². The van der Waals surface area contributed by atoms with Crippen LogP contribution in [0.1, 0.15) is 28.1 Å². The summed E-state index contributed by atoms with van der Waals surface area (Å²) in [5, 5.41) is 9.11. The lowest BCUT2D eigenvalue weighted by atomic mass is 10.0. The molecule has 2 aromatic carbocycles. The van der Waals surface area contributed by atoms with E-state index in [0.29, 0.717) is 28.5 Å². The number of hydrogen-bond acceptors (Lipinski definition) is 5. The SMILES string of the molecule is Cc1ccc(-c2nc(CS(=O)CC(=O)Cc3ccccc3C#N)c(C)o2)cc1. The molecule has 5 nitrogen and oxygen atoms in total. The highest BCUT2D eigenvalue weighted by atomic mass is 32.2. The van der Waals surface area contributed by atoms with Crippen molar-refractivity contribution in [2.24, 2.45) is 0 Å². The summed E-state index contributed by atoms with van der Waals surface area (Å²) in [6.45, 7) is 3.79. The molecule has 6 heteroatoms. The number of ketones is 1. The third-order valence-corrected chi connectivity index (χ3v) is 5.58. The predicted octanol–water partition coefficient (Wildman–Crippen LogP) is 3.89. The number of oxazole rings is 1. The standard InChI is InChI=1S/C22H20N2O3S/c1-15-7-9-17(10-8-15)22-24-21(16(2)27-22)14-28(26)13-20(25)11-18-5-3-4-6-19(18)12-23/h3-10H,11,13-14H2,1-2H3. The maximum absolute atomic E-state index is 12.5. The van der Waals surface area contributed by atoms with Crippen molar-refractivity contribution in [1.29, 1.82) is 5.26 Å². The third kappa shape index (κ3) is 4.81. The van der Waals surface area contributed by atoms with Crippen molar-refractivity contribution in [3.63, 3.8) is 0 Å². The Balaban J connectivity index is 1.64. The largest absolute Gasteiger partial charge is 0.441 e. The van der Waals surface area contributed by atoms with Crippen LogP contribution >= 0.6 is 0 Å². The van der Waals surface area contributed by atoms with E-state index in [1.807, 2.05) is 31.2 Å². The Labute approximate surface area is 166 Å². The van der Waals surface area contributed by atoms with Gasteiger partial charge in [0.15, 0.2) is 0 Å². The van der Waals surface area contributed by atoms with Crippen LogP contribution in [0.5, 0.6) is 0 Å². The lowest BCUT2D eigenvalue weighted by molar-refractivity contribution is -0.116. The van der Waals surface area contributed by atoms with Gasteiger partial charge < -0.3 is 4.42 Å². The molecule has 0 N–H and O–H groups in total. The highest BCUT2D eigenvalue weighted by Crippen LogP contribution is 2.23. The molecule has 0 radical (unpaired) electrons. The Kier molecular flexibility index (Phi) is 6.17. The van der Waals surface area contributed by atoms with E-state index in [0.717, 1.165) is 11.1 Å². The van der Waals surface area contributed by atoms with E-state index in [1.54, 1.807) is 31.2 Å². The van der Waals surface area contributed by atoms with E-state index < -0.39 is 10.8 Å². The van der Waals surface area contributed by atoms with Crippen molar-refractivity contribution in [2.45, 2.75) is 26.0 Å². The van der Waals surface area contributed by atoms with Gasteiger partial charge in [-0.3, -0.25) is 9.00 Å². The van der Waals surface area contributed by atoms with Crippen molar-refractivity contribution in [2.75, 3.05) is 5.75 Å². The first-order valence-electron chi connectivity index (χ1n) is 8.84. The van der Waals surface area contributed by atoms with Crippen LogP contribution in [-0.2, 0) is 27.8 Å². The monoisotopic (exact) mass is 392 g/mol. The van der Waals surface area contributed by atoms with Gasteiger partial charge in [0.1, 0.15) is 11.5 Å². The number of nitrogens with zero attached hydrogens (tertiary/aromatic N) is 2. The molecule has 0 spiro atoms. The molecule has 1 atom stereocenters. The molecule has 1 unspecified atom stereocenters. The summed E-state index contributed by atoms with van der Waals surface area (Å²) in [6.07, 6.45) is 0.0991. The highest BCUT2D eigenvalue weighted by Gasteiger charge is 2.17. The lowest BCUT2D eigenvalue weighted by Gasteiger charge is -2.03. The zero-order chi connectivity index (χ0) is 20.1. The van der Waals surface area contributed by atoms with Gasteiger partial charge in [0.05, 0.1) is 28.8 Å². The van der Waals surface area contributed by atoms with E-state index in [4.69, 9.17) is 9.68 Å². The van der Waals surface area contributed by atoms with Crippen molar-refractivity contribution in [1.82, 2.24) is 4.98 Å². The summed E-state index contributed by atoms with van der Waals surface area (Å²) in [7, 11) is -1.40. The average Bonchev–Trinajstić information content (AvgIpc) is 3.03. The third-order valence-electron chi connectivity index (χ3n) is 4.34. The first-order valence-corrected chi connectivity index (χ1v) is 10.3. The Morgan fingerprint density at radius 2 is 1.86 bits per heavy atom. The molecule has 0 fully saturated rings. The molecule has 0 saturated carbocycles. The molecule has 3 aromatic rings. The summed E-state index contributed by atoms with van der Waals surface area (Å²) in [4.78, 5) is 16.7. The minimum absolute atomic E-state index is 0.0775. The van der Waals surface area contributed by atoms with E-state index in [-0.39, 0.29) is 23.7 Å². The molecule has 0 saturated heterocycles. The van der Waals surface area contributed by atoms with Gasteiger partial charge in [-0.25, -0.2) is 4.98 Å². The second kappa shape index (κ2) is 8.77. The number of aryl methyl sites for hydroxylation is 2. The fraction of sp³-hybridized carbons (Fsp3) is 0.227. The van der Waals surface area contributed by atoms with Gasteiger partial charge in [0.2, 0.25) is 5.89 Å². The molecule has 3 rings (SSSR count). The van der Waals surface area contributed by atoms with Crippen molar-refractivity contribution < 1.29 is 13.4 Å². The van der Waals surface area contributed by atoms with E-state index in [1.165, 1.54) is 0 Å². The zero-order valence-electron chi connectivity index (χ0n) is 15.8. The molecular weight excluding hydrogens is 372 g/mol. The fourth-order valence-electron chi connectivity index (χ4n) is 2.81. The lowest BCUT2D eigenvalue weighted by Crippen LogP contribution is -2.15. The van der Waals surface area contributed by atoms with Crippen LogP contribution in [0.2, 0.25) is 0 Å². The van der Waals surface area contributed by atoms with Gasteiger partial charge in [0.25, 0.3) is 0 Å². The molecule has 1 aromatic heterocycles. The minimum Gasteiger partial charge on any atom is -0.441 e. The van der Waals surface area contributed by atoms with E-state index in [9.17, 15) is 9.00 Å². The summed E-state index contributed by atoms with van der Waals surface area (Å²) < 4.78 is 18.2. The van der Waals surface area contributed by atoms with Gasteiger partial charge >= 0.3 is 0 Å². The molecule has 0 aliphatic rings. The van der Waals surface area contributed by atoms with Gasteiger partial charge in [0, 0.05) is 22.8 Å². The number of aromatic nitrogens is 1. The summed E-state index contributed by atoms with van der Waals surface area (Å²) in [6, 6.07) is 16.8. The number of carbonyl (C=O) groups is 1. The molecular formula is C22H20N2O3S. The second-order valence-electron chi connectivity index (χ2n) is 6.60. The van der Waals surface area contributed by atoms with Crippen LogP contribution in [0.15, 0.2) is 52.9 Å². The molecule has 0 bridgehead atoms. The number of Topliss-reactive ketones (excluding diaryl/α,β-unsaturated/α-hetero) is 1. The molecule has 0 aliphatic carbocycles. The zero-order valence-corrected chi connectivity index (χ0v) is 16.6. The first kappa shape index (κ1) is 19.7. The van der Waals surface area contributed by atoms with Crippen LogP contribution in [0.4, 0.5) is 0 Å². The number of benzene rings is 2. The van der Waals surface area contributed by atoms with Crippen LogP contribution < -0.4 is 0 Å². The Bertz CT molecular complexity index is 1060. The maximum Gasteiger partial charge on any atom is 0.226 e. The Morgan fingerprint density at radius 1 is 1.14 bits per heavy atom. The molecule has 0 aliphatic heterocycles. The van der Waals surface area contributed by atoms with Gasteiger partial charge in [-0.05, 0) is 37.6 Å². The molecule has 1 heterocycles. The van der Waals surface area contributed by atoms with E-state index in [2.05, 4.69) is 11.1 Å². The average molecular weight is 392 g/mol. The second-order valence-corrected chi connectivity index (χ2v) is 8.06. The van der Waals surface area contributed by atoms with Gasteiger partial charge in [-0.15, -0.1) is 0 Å². The summed E-state index contributed by atoms with van der Waals surface area (Å²) >= 11 is 0. The van der Waals surface area contributed by atoms with Crippen molar-refractivity contribution in [3.8, 4) is 17.5 Å². The topological polar surface area (TPSA) is 84.0 Å². The Hall–Kier alpha value is -3.04. The minimum atomic E-state index is -1.40. The maximum atomic E-state index is 12.5. The van der Waals surface area contributed by atoms with Gasteiger partial charge in [-0.1, -0.05) is 35.9 Å². The number of hydrogen-bond donors (Lipinski definition) is 0. The fourth-order valence-corrected chi connectivity index (χ4v) is 3.95.